The Bertz CT molecular complexity index is 481. The summed E-state index contributed by atoms with van der Waals surface area (Å²) in [6.07, 6.45) is 9.03. The molecule has 4 fully saturated rings. The van der Waals surface area contributed by atoms with Crippen molar-refractivity contribution in [2.24, 2.45) is 23.2 Å². The quantitative estimate of drug-likeness (QED) is 0.720. The van der Waals surface area contributed by atoms with Gasteiger partial charge in [-0.15, -0.1) is 11.3 Å². The Morgan fingerprint density at radius 2 is 1.81 bits per heavy atom. The zero-order chi connectivity index (χ0) is 14.6. The molecule has 0 spiro atoms. The van der Waals surface area contributed by atoms with Crippen LogP contribution in [0.4, 0.5) is 0 Å². The van der Waals surface area contributed by atoms with Crippen LogP contribution in [0.25, 0.3) is 0 Å². The van der Waals surface area contributed by atoms with Crippen LogP contribution in [0.3, 0.4) is 0 Å². The lowest BCUT2D eigenvalue weighted by Crippen LogP contribution is -2.51. The third kappa shape index (κ3) is 2.44. The summed E-state index contributed by atoms with van der Waals surface area (Å²) in [5.74, 6) is 3.09. The maximum absolute atomic E-state index is 3.89. The van der Waals surface area contributed by atoms with Crippen molar-refractivity contribution in [2.75, 3.05) is 6.54 Å². The number of aryl methyl sites for hydroxylation is 1. The molecule has 0 radical (unpaired) electrons. The summed E-state index contributed by atoms with van der Waals surface area (Å²) in [7, 11) is 0. The zero-order valence-corrected chi connectivity index (χ0v) is 15.5. The molecule has 1 aromatic rings. The predicted molar refractivity (Wildman–Crippen MR) is 93.8 cm³/mol. The molecule has 4 bridgehead atoms. The van der Waals surface area contributed by atoms with Gasteiger partial charge >= 0.3 is 0 Å². The Kier molecular flexibility index (Phi) is 3.75. The molecule has 1 atom stereocenters. The summed E-state index contributed by atoms with van der Waals surface area (Å²) >= 11 is 5.73. The molecular formula is C18H26BrNS. The lowest BCUT2D eigenvalue weighted by atomic mass is 9.47. The van der Waals surface area contributed by atoms with Gasteiger partial charge in [-0.2, -0.15) is 0 Å². The van der Waals surface area contributed by atoms with Gasteiger partial charge in [-0.05, 0) is 97.2 Å². The molecule has 5 rings (SSSR count). The van der Waals surface area contributed by atoms with Crippen LogP contribution in [-0.2, 0) is 0 Å². The minimum atomic E-state index is 0.557. The van der Waals surface area contributed by atoms with Crippen molar-refractivity contribution in [3.05, 3.63) is 20.3 Å². The molecule has 4 aliphatic carbocycles. The Labute approximate surface area is 141 Å². The van der Waals surface area contributed by atoms with Gasteiger partial charge in [-0.25, -0.2) is 0 Å². The Morgan fingerprint density at radius 1 is 1.24 bits per heavy atom. The van der Waals surface area contributed by atoms with E-state index in [9.17, 15) is 0 Å². The van der Waals surface area contributed by atoms with Crippen LogP contribution < -0.4 is 5.32 Å². The second kappa shape index (κ2) is 5.35. The van der Waals surface area contributed by atoms with Crippen LogP contribution >= 0.6 is 27.3 Å². The van der Waals surface area contributed by atoms with Crippen molar-refractivity contribution >= 4 is 27.3 Å². The van der Waals surface area contributed by atoms with Gasteiger partial charge in [0.15, 0.2) is 0 Å². The minimum Gasteiger partial charge on any atom is -0.309 e. The molecule has 21 heavy (non-hydrogen) atoms. The summed E-state index contributed by atoms with van der Waals surface area (Å²) in [6, 6.07) is 2.98. The van der Waals surface area contributed by atoms with Gasteiger partial charge in [-0.3, -0.25) is 0 Å². The number of rotatable bonds is 4. The molecular weight excluding hydrogens is 342 g/mol. The van der Waals surface area contributed by atoms with Gasteiger partial charge in [0.05, 0.1) is 0 Å². The molecule has 0 amide bonds. The molecule has 1 nitrogen and oxygen atoms in total. The first-order valence-corrected chi connectivity index (χ1v) is 10.2. The van der Waals surface area contributed by atoms with E-state index in [0.717, 1.165) is 24.3 Å². The standard InChI is InChI=1S/C18H26BrNS/c1-3-20-17(16-7-15(19)11(2)21-16)18-8-12-4-13(9-18)6-14(5-12)10-18/h7,12-14,17,20H,3-6,8-10H2,1-2H3. The molecule has 116 valence electrons. The van der Waals surface area contributed by atoms with Gasteiger partial charge < -0.3 is 5.32 Å². The van der Waals surface area contributed by atoms with Crippen LogP contribution in [0.15, 0.2) is 10.5 Å². The molecule has 3 heteroatoms. The van der Waals surface area contributed by atoms with E-state index in [1.54, 1.807) is 4.88 Å². The highest BCUT2D eigenvalue weighted by Gasteiger charge is 2.54. The maximum Gasteiger partial charge on any atom is 0.0472 e. The van der Waals surface area contributed by atoms with E-state index in [4.69, 9.17) is 0 Å². The van der Waals surface area contributed by atoms with E-state index in [2.05, 4.69) is 41.2 Å². The zero-order valence-electron chi connectivity index (χ0n) is 13.1. The second-order valence-electron chi connectivity index (χ2n) is 7.82. The van der Waals surface area contributed by atoms with Crippen LogP contribution in [0.5, 0.6) is 0 Å². The molecule has 1 heterocycles. The van der Waals surface area contributed by atoms with Crippen LogP contribution in [-0.4, -0.2) is 6.54 Å². The molecule has 1 aromatic heterocycles. The minimum absolute atomic E-state index is 0.557. The monoisotopic (exact) mass is 367 g/mol. The normalized spacial score (nSPS) is 38.9. The number of nitrogens with one attached hydrogen (secondary N) is 1. The highest BCUT2D eigenvalue weighted by atomic mass is 79.9. The Hall–Kier alpha value is 0.140. The van der Waals surface area contributed by atoms with Crippen molar-refractivity contribution < 1.29 is 0 Å². The fraction of sp³-hybridized carbons (Fsp3) is 0.778. The van der Waals surface area contributed by atoms with E-state index in [0.29, 0.717) is 11.5 Å². The first kappa shape index (κ1) is 14.7. The molecule has 4 saturated carbocycles. The Balaban J connectivity index is 1.70. The first-order valence-electron chi connectivity index (χ1n) is 8.59. The van der Waals surface area contributed by atoms with Gasteiger partial charge in [-0.1, -0.05) is 6.92 Å². The van der Waals surface area contributed by atoms with Crippen molar-refractivity contribution in [1.82, 2.24) is 5.32 Å². The number of halogens is 1. The lowest BCUT2D eigenvalue weighted by Gasteiger charge is -2.59. The van der Waals surface area contributed by atoms with E-state index in [-0.39, 0.29) is 0 Å². The van der Waals surface area contributed by atoms with Gasteiger partial charge in [0.1, 0.15) is 0 Å². The highest BCUT2D eigenvalue weighted by molar-refractivity contribution is 9.10. The van der Waals surface area contributed by atoms with E-state index in [1.807, 2.05) is 11.3 Å². The van der Waals surface area contributed by atoms with Crippen LogP contribution in [0, 0.1) is 30.1 Å². The fourth-order valence-corrected chi connectivity index (χ4v) is 7.76. The molecule has 1 unspecified atom stereocenters. The molecule has 0 saturated heterocycles. The number of thiophene rings is 1. The Morgan fingerprint density at radius 3 is 2.24 bits per heavy atom. The molecule has 0 aromatic carbocycles. The van der Waals surface area contributed by atoms with Gasteiger partial charge in [0.25, 0.3) is 0 Å². The van der Waals surface area contributed by atoms with Gasteiger partial charge in [0, 0.05) is 20.3 Å². The molecule has 1 N–H and O–H groups in total. The van der Waals surface area contributed by atoms with Gasteiger partial charge in [0.2, 0.25) is 0 Å². The van der Waals surface area contributed by atoms with E-state index < -0.39 is 0 Å². The van der Waals surface area contributed by atoms with E-state index in [1.165, 1.54) is 47.9 Å². The molecule has 0 aliphatic heterocycles. The van der Waals surface area contributed by atoms with Crippen molar-refractivity contribution in [1.29, 1.82) is 0 Å². The summed E-state index contributed by atoms with van der Waals surface area (Å²) in [5.41, 5.74) is 0.557. The smallest absolute Gasteiger partial charge is 0.0472 e. The average molecular weight is 368 g/mol. The van der Waals surface area contributed by atoms with Crippen molar-refractivity contribution in [2.45, 2.75) is 58.4 Å². The largest absolute Gasteiger partial charge is 0.309 e. The van der Waals surface area contributed by atoms with Crippen molar-refractivity contribution in [3.63, 3.8) is 0 Å². The number of hydrogen-bond acceptors (Lipinski definition) is 2. The van der Waals surface area contributed by atoms with Crippen LogP contribution in [0.2, 0.25) is 0 Å². The average Bonchev–Trinajstić information content (AvgIpc) is 2.74. The molecule has 4 aliphatic rings. The summed E-state index contributed by atoms with van der Waals surface area (Å²) < 4.78 is 1.30. The van der Waals surface area contributed by atoms with Crippen molar-refractivity contribution in [3.8, 4) is 0 Å². The highest BCUT2D eigenvalue weighted by Crippen LogP contribution is 2.64. The third-order valence-electron chi connectivity index (χ3n) is 6.27. The first-order chi connectivity index (χ1) is 10.1. The second-order valence-corrected chi connectivity index (χ2v) is 9.97. The van der Waals surface area contributed by atoms with Crippen LogP contribution in [0.1, 0.15) is 61.2 Å². The summed E-state index contributed by atoms with van der Waals surface area (Å²) in [5, 5.41) is 3.89. The summed E-state index contributed by atoms with van der Waals surface area (Å²) in [4.78, 5) is 3.00. The third-order valence-corrected chi connectivity index (χ3v) is 8.47. The topological polar surface area (TPSA) is 12.0 Å². The fourth-order valence-electron chi connectivity index (χ4n) is 5.98. The summed E-state index contributed by atoms with van der Waals surface area (Å²) in [6.45, 7) is 5.59. The SMILES string of the molecule is CCNC(c1cc(Br)c(C)s1)C12CC3CC(CC(C3)C1)C2. The van der Waals surface area contributed by atoms with E-state index >= 15 is 0 Å². The predicted octanol–water partition coefficient (Wildman–Crippen LogP) is 5.69. The maximum atomic E-state index is 3.89. The number of hydrogen-bond donors (Lipinski definition) is 1. The lowest BCUT2D eigenvalue weighted by molar-refractivity contribution is -0.0739.